The maximum absolute atomic E-state index is 12.4. The molecule has 0 aliphatic carbocycles. The normalized spacial score (nSPS) is 13.6. The number of benzene rings is 1. The number of aromatic hydroxyl groups is 2. The Kier molecular flexibility index (Phi) is 7.05. The Morgan fingerprint density at radius 3 is 2.56 bits per heavy atom. The molecule has 0 fully saturated rings. The lowest BCUT2D eigenvalue weighted by atomic mass is 9.93. The molecule has 0 saturated heterocycles. The lowest BCUT2D eigenvalue weighted by Gasteiger charge is -2.12. The van der Waals surface area contributed by atoms with Crippen molar-refractivity contribution in [3.05, 3.63) is 70.7 Å². The molecule has 1 unspecified atom stereocenters. The monoisotopic (exact) mass is 368 g/mol. The molecule has 2 rings (SSSR count). The van der Waals surface area contributed by atoms with Gasteiger partial charge in [0.15, 0.2) is 5.78 Å². The maximum Gasteiger partial charge on any atom is 0.167 e. The van der Waals surface area contributed by atoms with Crippen molar-refractivity contribution >= 4 is 5.78 Å². The van der Waals surface area contributed by atoms with E-state index in [1.165, 1.54) is 23.8 Å². The average Bonchev–Trinajstić information content (AvgIpc) is 2.99. The fourth-order valence-electron chi connectivity index (χ4n) is 2.88. The largest absolute Gasteiger partial charge is 0.508 e. The third kappa shape index (κ3) is 6.17. The SMILES string of the molecule is C/C(=C/C/C=C(\C)C(C)CC(=O)c1ccc(O)cc1O)Cc1cc(C)co1. The zero-order valence-electron chi connectivity index (χ0n) is 16.5. The standard InChI is InChI=1S/C23H28O4/c1-15(10-20-11-16(2)14-27-20)6-5-7-17(3)18(4)12-22(25)21-9-8-19(24)13-23(21)26/h6-9,11,13-14,18,24,26H,5,10,12H2,1-4H3/b15-6-,17-7+. The molecule has 0 radical (unpaired) electrons. The van der Waals surface area contributed by atoms with E-state index in [0.29, 0.717) is 6.42 Å². The number of aryl methyl sites for hydroxylation is 1. The van der Waals surface area contributed by atoms with Crippen LogP contribution >= 0.6 is 0 Å². The second kappa shape index (κ2) is 9.26. The first kappa shape index (κ1) is 20.6. The van der Waals surface area contributed by atoms with Crippen LogP contribution in [0.1, 0.15) is 55.3 Å². The number of carbonyl (C=O) groups excluding carboxylic acids is 1. The molecule has 1 atom stereocenters. The summed E-state index contributed by atoms with van der Waals surface area (Å²) >= 11 is 0. The van der Waals surface area contributed by atoms with Crippen LogP contribution in [-0.4, -0.2) is 16.0 Å². The van der Waals surface area contributed by atoms with E-state index in [9.17, 15) is 15.0 Å². The number of phenols is 2. The Hall–Kier alpha value is -2.75. The summed E-state index contributed by atoms with van der Waals surface area (Å²) in [5.41, 5.74) is 3.76. The van der Waals surface area contributed by atoms with Gasteiger partial charge in [0.05, 0.1) is 11.8 Å². The number of hydrogen-bond acceptors (Lipinski definition) is 4. The highest BCUT2D eigenvalue weighted by atomic mass is 16.3. The van der Waals surface area contributed by atoms with Gasteiger partial charge in [-0.3, -0.25) is 4.79 Å². The molecule has 2 aromatic rings. The van der Waals surface area contributed by atoms with Gasteiger partial charge < -0.3 is 14.6 Å². The van der Waals surface area contributed by atoms with E-state index in [-0.39, 0.29) is 28.8 Å². The molecule has 0 aliphatic heterocycles. The summed E-state index contributed by atoms with van der Waals surface area (Å²) in [7, 11) is 0. The molecule has 1 aromatic heterocycles. The van der Waals surface area contributed by atoms with Gasteiger partial charge in [-0.1, -0.05) is 30.2 Å². The minimum Gasteiger partial charge on any atom is -0.508 e. The highest BCUT2D eigenvalue weighted by Crippen LogP contribution is 2.26. The quantitative estimate of drug-likeness (QED) is 0.461. The second-order valence-corrected chi connectivity index (χ2v) is 7.23. The van der Waals surface area contributed by atoms with Crippen LogP contribution in [0.25, 0.3) is 0 Å². The van der Waals surface area contributed by atoms with Crippen LogP contribution in [-0.2, 0) is 6.42 Å². The lowest BCUT2D eigenvalue weighted by molar-refractivity contribution is 0.0967. The van der Waals surface area contributed by atoms with Crippen LogP contribution in [0.2, 0.25) is 0 Å². The minimum absolute atomic E-state index is 0.0555. The van der Waals surface area contributed by atoms with Crippen molar-refractivity contribution in [1.29, 1.82) is 0 Å². The van der Waals surface area contributed by atoms with Crippen molar-refractivity contribution in [3.63, 3.8) is 0 Å². The van der Waals surface area contributed by atoms with Gasteiger partial charge in [-0.25, -0.2) is 0 Å². The van der Waals surface area contributed by atoms with Crippen LogP contribution in [0.4, 0.5) is 0 Å². The zero-order valence-corrected chi connectivity index (χ0v) is 16.5. The summed E-state index contributed by atoms with van der Waals surface area (Å²) in [6.45, 7) is 8.12. The van der Waals surface area contributed by atoms with Crippen LogP contribution in [0.3, 0.4) is 0 Å². The van der Waals surface area contributed by atoms with Crippen molar-refractivity contribution in [2.24, 2.45) is 5.92 Å². The summed E-state index contributed by atoms with van der Waals surface area (Å²) < 4.78 is 5.47. The van der Waals surface area contributed by atoms with Crippen LogP contribution in [0.15, 0.2) is 58.2 Å². The molecule has 2 N–H and O–H groups in total. The van der Waals surface area contributed by atoms with Crippen molar-refractivity contribution in [2.45, 2.75) is 47.0 Å². The Balaban J connectivity index is 1.90. The minimum atomic E-state index is -0.180. The fraction of sp³-hybridized carbons (Fsp3) is 0.348. The average molecular weight is 368 g/mol. The molecule has 4 heteroatoms. The van der Waals surface area contributed by atoms with E-state index < -0.39 is 0 Å². The Bertz CT molecular complexity index is 855. The fourth-order valence-corrected chi connectivity index (χ4v) is 2.88. The topological polar surface area (TPSA) is 70.7 Å². The first-order chi connectivity index (χ1) is 12.8. The number of Topliss-reactive ketones (excluding diaryl/α,β-unsaturated/α-hetero) is 1. The van der Waals surface area contributed by atoms with Gasteiger partial charge in [-0.2, -0.15) is 0 Å². The first-order valence-corrected chi connectivity index (χ1v) is 9.17. The molecule has 27 heavy (non-hydrogen) atoms. The third-order valence-electron chi connectivity index (χ3n) is 4.69. The summed E-state index contributed by atoms with van der Waals surface area (Å²) in [5, 5.41) is 19.2. The smallest absolute Gasteiger partial charge is 0.167 e. The molecule has 0 spiro atoms. The number of rotatable bonds is 8. The van der Waals surface area contributed by atoms with Gasteiger partial charge in [-0.05, 0) is 56.9 Å². The molecular weight excluding hydrogens is 340 g/mol. The van der Waals surface area contributed by atoms with E-state index in [1.807, 2.05) is 26.8 Å². The zero-order chi connectivity index (χ0) is 20.0. The molecule has 0 bridgehead atoms. The van der Waals surface area contributed by atoms with E-state index in [4.69, 9.17) is 4.42 Å². The number of carbonyl (C=O) groups is 1. The number of allylic oxidation sites excluding steroid dienone is 4. The summed E-state index contributed by atoms with van der Waals surface area (Å²) in [4.78, 5) is 12.4. The van der Waals surface area contributed by atoms with Gasteiger partial charge >= 0.3 is 0 Å². The number of furan rings is 1. The highest BCUT2D eigenvalue weighted by molar-refractivity contribution is 5.99. The molecule has 1 aromatic carbocycles. The maximum atomic E-state index is 12.4. The lowest BCUT2D eigenvalue weighted by Crippen LogP contribution is -2.07. The molecule has 0 aliphatic rings. The summed E-state index contributed by atoms with van der Waals surface area (Å²) in [6, 6.07) is 6.11. The van der Waals surface area contributed by atoms with Crippen molar-refractivity contribution in [2.75, 3.05) is 0 Å². The van der Waals surface area contributed by atoms with Crippen LogP contribution in [0, 0.1) is 12.8 Å². The van der Waals surface area contributed by atoms with Crippen molar-refractivity contribution in [1.82, 2.24) is 0 Å². The first-order valence-electron chi connectivity index (χ1n) is 9.17. The molecule has 1 heterocycles. The van der Waals surface area contributed by atoms with Gasteiger partial charge in [-0.15, -0.1) is 0 Å². The van der Waals surface area contributed by atoms with E-state index in [1.54, 1.807) is 6.26 Å². The van der Waals surface area contributed by atoms with Gasteiger partial charge in [0, 0.05) is 18.9 Å². The van der Waals surface area contributed by atoms with Crippen LogP contribution < -0.4 is 0 Å². The molecule has 144 valence electrons. The highest BCUT2D eigenvalue weighted by Gasteiger charge is 2.16. The van der Waals surface area contributed by atoms with Crippen LogP contribution in [0.5, 0.6) is 11.5 Å². The third-order valence-corrected chi connectivity index (χ3v) is 4.69. The molecule has 4 nitrogen and oxygen atoms in total. The van der Waals surface area contributed by atoms with E-state index in [0.717, 1.165) is 29.7 Å². The van der Waals surface area contributed by atoms with Crippen molar-refractivity contribution < 1.29 is 19.4 Å². The molecule has 0 saturated carbocycles. The number of ketones is 1. The molecular formula is C23H28O4. The summed E-state index contributed by atoms with van der Waals surface area (Å²) in [6.07, 6.45) is 7.98. The predicted molar refractivity (Wildman–Crippen MR) is 107 cm³/mol. The molecule has 0 amide bonds. The predicted octanol–water partition coefficient (Wildman–Crippen LogP) is 5.73. The van der Waals surface area contributed by atoms with Gasteiger partial charge in [0.1, 0.15) is 17.3 Å². The summed E-state index contributed by atoms with van der Waals surface area (Å²) in [5.74, 6) is 0.676. The Morgan fingerprint density at radius 2 is 1.93 bits per heavy atom. The second-order valence-electron chi connectivity index (χ2n) is 7.23. The number of hydrogen-bond donors (Lipinski definition) is 2. The van der Waals surface area contributed by atoms with Gasteiger partial charge in [0.25, 0.3) is 0 Å². The van der Waals surface area contributed by atoms with Gasteiger partial charge in [0.2, 0.25) is 0 Å². The van der Waals surface area contributed by atoms with E-state index >= 15 is 0 Å². The Morgan fingerprint density at radius 1 is 1.19 bits per heavy atom. The van der Waals surface area contributed by atoms with Crippen molar-refractivity contribution in [3.8, 4) is 11.5 Å². The van der Waals surface area contributed by atoms with E-state index in [2.05, 4.69) is 19.1 Å². The number of phenolic OH excluding ortho intramolecular Hbond substituents is 2. The Labute approximate surface area is 160 Å².